The molecule has 26 heavy (non-hydrogen) atoms. The van der Waals surface area contributed by atoms with E-state index >= 15 is 0 Å². The number of halogens is 2. The SMILES string of the molecule is O=C(CS(=O)(=O)C(c1ccc(Cl)cc1)c1ccc(Cl)cc1)C1=NCCS1. The molecule has 0 atom stereocenters. The van der Waals surface area contributed by atoms with Crippen molar-refractivity contribution >= 4 is 55.6 Å². The highest BCUT2D eigenvalue weighted by Gasteiger charge is 2.33. The van der Waals surface area contributed by atoms with Gasteiger partial charge in [0, 0.05) is 22.3 Å². The van der Waals surface area contributed by atoms with Crippen LogP contribution in [0.25, 0.3) is 0 Å². The third-order valence-electron chi connectivity index (χ3n) is 3.86. The van der Waals surface area contributed by atoms with E-state index in [1.54, 1.807) is 48.5 Å². The fraction of sp³-hybridized carbons (Fsp3) is 0.222. The zero-order valence-electron chi connectivity index (χ0n) is 13.6. The summed E-state index contributed by atoms with van der Waals surface area (Å²) in [5.74, 6) is -0.339. The second-order valence-electron chi connectivity index (χ2n) is 5.75. The van der Waals surface area contributed by atoms with Gasteiger partial charge in [-0.2, -0.15) is 0 Å². The van der Waals surface area contributed by atoms with E-state index < -0.39 is 26.6 Å². The highest BCUT2D eigenvalue weighted by Crippen LogP contribution is 2.33. The molecule has 136 valence electrons. The van der Waals surface area contributed by atoms with Gasteiger partial charge in [0.1, 0.15) is 16.0 Å². The molecule has 0 spiro atoms. The van der Waals surface area contributed by atoms with Crippen LogP contribution in [0, 0.1) is 0 Å². The van der Waals surface area contributed by atoms with Gasteiger partial charge < -0.3 is 0 Å². The first-order valence-corrected chi connectivity index (χ1v) is 11.3. The summed E-state index contributed by atoms with van der Waals surface area (Å²) < 4.78 is 26.2. The molecule has 0 saturated carbocycles. The lowest BCUT2D eigenvalue weighted by atomic mass is 10.0. The maximum absolute atomic E-state index is 13.1. The molecule has 1 aliphatic heterocycles. The lowest BCUT2D eigenvalue weighted by Gasteiger charge is -2.18. The van der Waals surface area contributed by atoms with Crippen molar-refractivity contribution in [3.05, 3.63) is 69.7 Å². The van der Waals surface area contributed by atoms with E-state index in [1.807, 2.05) is 0 Å². The molecule has 0 bridgehead atoms. The van der Waals surface area contributed by atoms with Gasteiger partial charge in [-0.05, 0) is 35.4 Å². The molecular formula is C18H15Cl2NO3S2. The van der Waals surface area contributed by atoms with Gasteiger partial charge in [0.25, 0.3) is 0 Å². The first-order chi connectivity index (χ1) is 12.4. The van der Waals surface area contributed by atoms with Gasteiger partial charge in [-0.25, -0.2) is 8.42 Å². The Morgan fingerprint density at radius 2 is 1.50 bits per heavy atom. The van der Waals surface area contributed by atoms with Crippen molar-refractivity contribution in [3.63, 3.8) is 0 Å². The summed E-state index contributed by atoms with van der Waals surface area (Å²) in [5.41, 5.74) is 1.09. The number of carbonyl (C=O) groups is 1. The molecule has 1 aliphatic rings. The number of hydrogen-bond donors (Lipinski definition) is 0. The van der Waals surface area contributed by atoms with E-state index in [4.69, 9.17) is 23.2 Å². The van der Waals surface area contributed by atoms with Gasteiger partial charge in [-0.15, -0.1) is 11.8 Å². The van der Waals surface area contributed by atoms with E-state index in [0.29, 0.717) is 38.5 Å². The molecule has 1 heterocycles. The molecule has 2 aromatic rings. The lowest BCUT2D eigenvalue weighted by molar-refractivity contribution is -0.110. The largest absolute Gasteiger partial charge is 0.291 e. The Labute approximate surface area is 166 Å². The van der Waals surface area contributed by atoms with Crippen molar-refractivity contribution < 1.29 is 13.2 Å². The van der Waals surface area contributed by atoms with Gasteiger partial charge in [-0.3, -0.25) is 9.79 Å². The minimum atomic E-state index is -3.82. The highest BCUT2D eigenvalue weighted by atomic mass is 35.5. The third-order valence-corrected chi connectivity index (χ3v) is 7.31. The molecule has 8 heteroatoms. The Morgan fingerprint density at radius 1 is 1.00 bits per heavy atom. The van der Waals surface area contributed by atoms with Crippen molar-refractivity contribution in [2.45, 2.75) is 5.25 Å². The Balaban J connectivity index is 1.99. The van der Waals surface area contributed by atoms with Crippen LogP contribution < -0.4 is 0 Å². The number of sulfone groups is 1. The number of aliphatic imine (C=N–C) groups is 1. The van der Waals surface area contributed by atoms with Crippen molar-refractivity contribution in [1.29, 1.82) is 0 Å². The van der Waals surface area contributed by atoms with Gasteiger partial charge in [0.05, 0.1) is 0 Å². The maximum atomic E-state index is 13.1. The van der Waals surface area contributed by atoms with E-state index in [2.05, 4.69) is 4.99 Å². The molecule has 0 fully saturated rings. The predicted molar refractivity (Wildman–Crippen MR) is 108 cm³/mol. The molecule has 2 aromatic carbocycles. The third kappa shape index (κ3) is 4.49. The zero-order valence-corrected chi connectivity index (χ0v) is 16.7. The quantitative estimate of drug-likeness (QED) is 0.692. The number of benzene rings is 2. The van der Waals surface area contributed by atoms with Crippen molar-refractivity contribution in [2.24, 2.45) is 4.99 Å². The molecular weight excluding hydrogens is 413 g/mol. The van der Waals surface area contributed by atoms with Crippen molar-refractivity contribution in [2.75, 3.05) is 18.1 Å². The fourth-order valence-electron chi connectivity index (χ4n) is 2.71. The number of Topliss-reactive ketones (excluding diaryl/α,β-unsaturated/α-hetero) is 1. The van der Waals surface area contributed by atoms with Crippen LogP contribution in [-0.2, 0) is 14.6 Å². The molecule has 3 rings (SSSR count). The molecule has 0 unspecified atom stereocenters. The average molecular weight is 428 g/mol. The van der Waals surface area contributed by atoms with Gasteiger partial charge >= 0.3 is 0 Å². The van der Waals surface area contributed by atoms with Crippen LogP contribution in [0.1, 0.15) is 16.4 Å². The van der Waals surface area contributed by atoms with Gasteiger partial charge in [0.2, 0.25) is 5.78 Å². The fourth-order valence-corrected chi connectivity index (χ4v) is 5.66. The first kappa shape index (κ1) is 19.4. The normalized spacial score (nSPS) is 14.5. The number of thioether (sulfide) groups is 1. The smallest absolute Gasteiger partial charge is 0.202 e. The van der Waals surface area contributed by atoms with Crippen LogP contribution in [0.15, 0.2) is 53.5 Å². The average Bonchev–Trinajstić information content (AvgIpc) is 3.13. The van der Waals surface area contributed by atoms with Crippen LogP contribution >= 0.6 is 35.0 Å². The molecule has 4 nitrogen and oxygen atoms in total. The maximum Gasteiger partial charge on any atom is 0.202 e. The van der Waals surface area contributed by atoms with Crippen molar-refractivity contribution in [3.8, 4) is 0 Å². The van der Waals surface area contributed by atoms with Crippen LogP contribution in [-0.4, -0.2) is 37.3 Å². The number of carbonyl (C=O) groups excluding carboxylic acids is 1. The van der Waals surface area contributed by atoms with E-state index in [9.17, 15) is 13.2 Å². The van der Waals surface area contributed by atoms with Gasteiger partial charge in [0.15, 0.2) is 9.84 Å². The lowest BCUT2D eigenvalue weighted by Crippen LogP contribution is -2.26. The number of nitrogens with zero attached hydrogens (tertiary/aromatic N) is 1. The summed E-state index contributed by atoms with van der Waals surface area (Å²) in [6.07, 6.45) is 0. The van der Waals surface area contributed by atoms with Crippen LogP contribution in [0.4, 0.5) is 0 Å². The van der Waals surface area contributed by atoms with Crippen molar-refractivity contribution in [1.82, 2.24) is 0 Å². The monoisotopic (exact) mass is 427 g/mol. The summed E-state index contributed by atoms with van der Waals surface area (Å²) in [4.78, 5) is 16.4. The summed E-state index contributed by atoms with van der Waals surface area (Å²) in [6, 6.07) is 13.2. The van der Waals surface area contributed by atoms with Crippen LogP contribution in [0.5, 0.6) is 0 Å². The van der Waals surface area contributed by atoms with Crippen LogP contribution in [0.2, 0.25) is 10.0 Å². The Kier molecular flexibility index (Phi) is 6.07. The van der Waals surface area contributed by atoms with E-state index in [1.165, 1.54) is 11.8 Å². The first-order valence-electron chi connectivity index (χ1n) is 7.80. The van der Waals surface area contributed by atoms with Gasteiger partial charge in [-0.1, -0.05) is 47.5 Å². The van der Waals surface area contributed by atoms with Crippen LogP contribution in [0.3, 0.4) is 0 Å². The standard InChI is InChI=1S/C18H15Cl2NO3S2/c19-14-5-1-12(2-6-14)17(13-3-7-15(20)8-4-13)26(23,24)11-16(22)18-21-9-10-25-18/h1-8,17H,9-11H2. The molecule has 0 aromatic heterocycles. The Morgan fingerprint density at radius 3 is 1.92 bits per heavy atom. The molecule has 0 N–H and O–H groups in total. The summed E-state index contributed by atoms with van der Waals surface area (Å²) >= 11 is 13.2. The summed E-state index contributed by atoms with van der Waals surface area (Å²) in [6.45, 7) is 0.545. The summed E-state index contributed by atoms with van der Waals surface area (Å²) in [7, 11) is -3.82. The Hall–Kier alpha value is -1.34. The van der Waals surface area contributed by atoms with E-state index in [-0.39, 0.29) is 0 Å². The second kappa shape index (κ2) is 8.13. The minimum Gasteiger partial charge on any atom is -0.291 e. The number of ketones is 1. The zero-order chi connectivity index (χ0) is 18.7. The predicted octanol–water partition coefficient (Wildman–Crippen LogP) is 4.21. The summed E-state index contributed by atoms with van der Waals surface area (Å²) in [5, 5.41) is 0.329. The molecule has 0 aliphatic carbocycles. The Bertz CT molecular complexity index is 894. The topological polar surface area (TPSA) is 63.6 Å². The second-order valence-corrected chi connectivity index (χ2v) is 9.79. The highest BCUT2D eigenvalue weighted by molar-refractivity contribution is 8.16. The molecule has 0 amide bonds. The molecule has 0 saturated heterocycles. The number of rotatable bonds is 6. The van der Waals surface area contributed by atoms with E-state index in [0.717, 1.165) is 0 Å². The number of hydrogen-bond acceptors (Lipinski definition) is 5. The minimum absolute atomic E-state index is 0.291. The molecule has 0 radical (unpaired) electrons.